The lowest BCUT2D eigenvalue weighted by Gasteiger charge is -2.14. The van der Waals surface area contributed by atoms with Crippen molar-refractivity contribution in [1.82, 2.24) is 0 Å². The van der Waals surface area contributed by atoms with Crippen LogP contribution in [0.2, 0.25) is 5.02 Å². The number of hydrogen-bond acceptors (Lipinski definition) is 1. The number of aromatic hydroxyl groups is 1. The van der Waals surface area contributed by atoms with Gasteiger partial charge >= 0.3 is 0 Å². The quantitative estimate of drug-likeness (QED) is 0.776. The summed E-state index contributed by atoms with van der Waals surface area (Å²) in [4.78, 5) is 0. The van der Waals surface area contributed by atoms with Gasteiger partial charge in [-0.1, -0.05) is 39.3 Å². The minimum absolute atomic E-state index is 0.253. The lowest BCUT2D eigenvalue weighted by Crippen LogP contribution is -1.94. The Morgan fingerprint density at radius 2 is 1.64 bits per heavy atom. The van der Waals surface area contributed by atoms with E-state index in [1.807, 2.05) is 26.0 Å². The zero-order valence-electron chi connectivity index (χ0n) is 9.13. The zero-order valence-corrected chi connectivity index (χ0v) is 9.89. The smallest absolute Gasteiger partial charge is 0.120 e. The second-order valence-electron chi connectivity index (χ2n) is 4.24. The van der Waals surface area contributed by atoms with Crippen LogP contribution in [0.4, 0.5) is 0 Å². The minimum atomic E-state index is 0.253. The Hall–Kier alpha value is -0.690. The molecule has 0 atom stereocenters. The van der Waals surface area contributed by atoms with Gasteiger partial charge in [-0.3, -0.25) is 0 Å². The van der Waals surface area contributed by atoms with Gasteiger partial charge in [0, 0.05) is 10.6 Å². The molecule has 0 radical (unpaired) electrons. The highest BCUT2D eigenvalue weighted by Crippen LogP contribution is 2.35. The Morgan fingerprint density at radius 1 is 1.07 bits per heavy atom. The first kappa shape index (κ1) is 11.4. The number of hydrogen-bond donors (Lipinski definition) is 1. The molecular formula is C12H17ClO. The van der Waals surface area contributed by atoms with Gasteiger partial charge in [0.25, 0.3) is 0 Å². The molecule has 0 bridgehead atoms. The summed E-state index contributed by atoms with van der Waals surface area (Å²) in [6.45, 7) is 8.21. The van der Waals surface area contributed by atoms with Crippen molar-refractivity contribution < 1.29 is 5.11 Å². The van der Waals surface area contributed by atoms with Gasteiger partial charge in [0.2, 0.25) is 0 Å². The summed E-state index contributed by atoms with van der Waals surface area (Å²) in [7, 11) is 0. The van der Waals surface area contributed by atoms with Crippen LogP contribution in [0.25, 0.3) is 0 Å². The Bertz CT molecular complexity index is 306. The fourth-order valence-corrected chi connectivity index (χ4v) is 1.97. The van der Waals surface area contributed by atoms with Crippen molar-refractivity contribution >= 4 is 11.6 Å². The summed E-state index contributed by atoms with van der Waals surface area (Å²) in [6, 6.07) is 3.76. The number of benzene rings is 1. The highest BCUT2D eigenvalue weighted by molar-refractivity contribution is 6.31. The van der Waals surface area contributed by atoms with Gasteiger partial charge in [0.1, 0.15) is 5.75 Å². The van der Waals surface area contributed by atoms with E-state index in [0.717, 1.165) is 11.1 Å². The van der Waals surface area contributed by atoms with Gasteiger partial charge in [-0.2, -0.15) is 0 Å². The van der Waals surface area contributed by atoms with Gasteiger partial charge in [-0.05, 0) is 29.5 Å². The fourth-order valence-electron chi connectivity index (χ4n) is 1.53. The van der Waals surface area contributed by atoms with E-state index in [1.54, 1.807) is 0 Å². The average molecular weight is 213 g/mol. The zero-order chi connectivity index (χ0) is 10.9. The summed E-state index contributed by atoms with van der Waals surface area (Å²) in [5.41, 5.74) is 1.92. The van der Waals surface area contributed by atoms with Crippen molar-refractivity contribution in [2.24, 2.45) is 0 Å². The third kappa shape index (κ3) is 2.21. The molecule has 0 aliphatic heterocycles. The van der Waals surface area contributed by atoms with E-state index < -0.39 is 0 Å². The van der Waals surface area contributed by atoms with Crippen LogP contribution in [-0.2, 0) is 0 Å². The number of phenolic OH excluding ortho intramolecular Hbond substituents is 1. The van der Waals surface area contributed by atoms with E-state index in [9.17, 15) is 5.11 Å². The normalized spacial score (nSPS) is 11.4. The molecule has 0 aromatic heterocycles. The molecule has 0 aliphatic rings. The first-order chi connectivity index (χ1) is 6.43. The summed E-state index contributed by atoms with van der Waals surface area (Å²) >= 11 is 6.11. The Morgan fingerprint density at radius 3 is 2.00 bits per heavy atom. The molecule has 0 unspecified atom stereocenters. The molecule has 14 heavy (non-hydrogen) atoms. The van der Waals surface area contributed by atoms with Gasteiger partial charge in [-0.15, -0.1) is 0 Å². The lowest BCUT2D eigenvalue weighted by atomic mass is 9.96. The molecule has 0 saturated carbocycles. The van der Waals surface area contributed by atoms with Crippen molar-refractivity contribution in [3.05, 3.63) is 28.3 Å². The first-order valence-electron chi connectivity index (χ1n) is 4.95. The highest BCUT2D eigenvalue weighted by atomic mass is 35.5. The lowest BCUT2D eigenvalue weighted by molar-refractivity contribution is 0.463. The van der Waals surface area contributed by atoms with Crippen LogP contribution in [0.1, 0.15) is 50.7 Å². The topological polar surface area (TPSA) is 20.2 Å². The summed E-state index contributed by atoms with van der Waals surface area (Å²) in [6.07, 6.45) is 0. The number of rotatable bonds is 2. The van der Waals surface area contributed by atoms with Crippen LogP contribution in [-0.4, -0.2) is 5.11 Å². The van der Waals surface area contributed by atoms with Crippen LogP contribution < -0.4 is 0 Å². The van der Waals surface area contributed by atoms with E-state index in [0.29, 0.717) is 16.7 Å². The third-order valence-electron chi connectivity index (χ3n) is 2.37. The van der Waals surface area contributed by atoms with Crippen LogP contribution in [0, 0.1) is 0 Å². The van der Waals surface area contributed by atoms with Crippen molar-refractivity contribution in [2.75, 3.05) is 0 Å². The SMILES string of the molecule is CC(C)c1cc(O)c(C(C)C)c(Cl)c1. The molecule has 1 nitrogen and oxygen atoms in total. The first-order valence-corrected chi connectivity index (χ1v) is 5.33. The fraction of sp³-hybridized carbons (Fsp3) is 0.500. The van der Waals surface area contributed by atoms with Crippen LogP contribution in [0.15, 0.2) is 12.1 Å². The van der Waals surface area contributed by atoms with Crippen LogP contribution >= 0.6 is 11.6 Å². The van der Waals surface area contributed by atoms with Crippen LogP contribution in [0.5, 0.6) is 5.75 Å². The number of halogens is 1. The predicted molar refractivity (Wildman–Crippen MR) is 61.3 cm³/mol. The van der Waals surface area contributed by atoms with E-state index in [2.05, 4.69) is 13.8 Å². The highest BCUT2D eigenvalue weighted by Gasteiger charge is 2.13. The maximum Gasteiger partial charge on any atom is 0.120 e. The predicted octanol–water partition coefficient (Wildman–Crippen LogP) is 4.29. The molecule has 0 saturated heterocycles. The van der Waals surface area contributed by atoms with Gasteiger partial charge < -0.3 is 5.11 Å². The summed E-state index contributed by atoms with van der Waals surface area (Å²) < 4.78 is 0. The average Bonchev–Trinajstić information content (AvgIpc) is 2.01. The standard InChI is InChI=1S/C12H17ClO/c1-7(2)9-5-10(13)12(8(3)4)11(14)6-9/h5-8,14H,1-4H3. The molecule has 1 N–H and O–H groups in total. The molecule has 2 heteroatoms. The molecule has 0 amide bonds. The van der Waals surface area contributed by atoms with Gasteiger partial charge in [-0.25, -0.2) is 0 Å². The van der Waals surface area contributed by atoms with E-state index in [1.165, 1.54) is 0 Å². The minimum Gasteiger partial charge on any atom is -0.508 e. The molecule has 78 valence electrons. The Balaban J connectivity index is 3.25. The maximum absolute atomic E-state index is 9.81. The van der Waals surface area contributed by atoms with E-state index in [-0.39, 0.29) is 5.92 Å². The Labute approximate surface area is 90.7 Å². The van der Waals surface area contributed by atoms with E-state index in [4.69, 9.17) is 11.6 Å². The second kappa shape index (κ2) is 4.22. The van der Waals surface area contributed by atoms with Crippen LogP contribution in [0.3, 0.4) is 0 Å². The molecule has 1 aromatic rings. The maximum atomic E-state index is 9.81. The molecule has 0 spiro atoms. The second-order valence-corrected chi connectivity index (χ2v) is 4.65. The van der Waals surface area contributed by atoms with Crippen molar-refractivity contribution in [3.63, 3.8) is 0 Å². The van der Waals surface area contributed by atoms with Crippen molar-refractivity contribution in [2.45, 2.75) is 39.5 Å². The molecule has 1 rings (SSSR count). The Kier molecular flexibility index (Phi) is 3.43. The third-order valence-corrected chi connectivity index (χ3v) is 2.69. The number of phenols is 1. The van der Waals surface area contributed by atoms with Crippen molar-refractivity contribution in [3.8, 4) is 5.75 Å². The molecule has 0 heterocycles. The summed E-state index contributed by atoms with van der Waals surface area (Å²) in [5.74, 6) is 0.958. The van der Waals surface area contributed by atoms with Gasteiger partial charge in [0.15, 0.2) is 0 Å². The molecular weight excluding hydrogens is 196 g/mol. The van der Waals surface area contributed by atoms with Crippen molar-refractivity contribution in [1.29, 1.82) is 0 Å². The summed E-state index contributed by atoms with van der Waals surface area (Å²) in [5, 5.41) is 10.5. The molecule has 0 fully saturated rings. The molecule has 1 aromatic carbocycles. The monoisotopic (exact) mass is 212 g/mol. The van der Waals surface area contributed by atoms with E-state index >= 15 is 0 Å². The van der Waals surface area contributed by atoms with Gasteiger partial charge in [0.05, 0.1) is 0 Å². The largest absolute Gasteiger partial charge is 0.508 e. The molecule has 0 aliphatic carbocycles.